The highest BCUT2D eigenvalue weighted by atomic mass is 79.9. The number of H-pyrrole nitrogens is 1. The number of nitrogens with two attached hydrogens (primary N) is 2. The number of amides is 2. The first-order chi connectivity index (χ1) is 12.9. The van der Waals surface area contributed by atoms with Gasteiger partial charge in [-0.15, -0.1) is 0 Å². The lowest BCUT2D eigenvalue weighted by Gasteiger charge is -2.32. The molecule has 0 bridgehead atoms. The van der Waals surface area contributed by atoms with Gasteiger partial charge in [-0.2, -0.15) is 0 Å². The van der Waals surface area contributed by atoms with E-state index >= 15 is 0 Å². The number of aliphatic imine (C=N–C) groups is 1. The third-order valence-electron chi connectivity index (χ3n) is 4.47. The summed E-state index contributed by atoms with van der Waals surface area (Å²) in [4.78, 5) is 31.7. The summed E-state index contributed by atoms with van der Waals surface area (Å²) in [6, 6.07) is 3.82. The Morgan fingerprint density at radius 2 is 2.04 bits per heavy atom. The van der Waals surface area contributed by atoms with E-state index in [0.717, 1.165) is 15.4 Å². The first-order valence-corrected chi connectivity index (χ1v) is 9.27. The van der Waals surface area contributed by atoms with Gasteiger partial charge in [0.15, 0.2) is 5.96 Å². The van der Waals surface area contributed by atoms with Gasteiger partial charge < -0.3 is 32.2 Å². The van der Waals surface area contributed by atoms with Gasteiger partial charge in [-0.25, -0.2) is 0 Å². The van der Waals surface area contributed by atoms with Crippen molar-refractivity contribution in [2.24, 2.45) is 16.5 Å². The van der Waals surface area contributed by atoms with E-state index in [2.05, 4.69) is 36.5 Å². The zero-order chi connectivity index (χ0) is 19.6. The number of nitrogens with zero attached hydrogens (tertiary/aromatic N) is 1. The van der Waals surface area contributed by atoms with E-state index in [0.29, 0.717) is 24.9 Å². The summed E-state index contributed by atoms with van der Waals surface area (Å²) in [6.07, 6.45) is 1.41. The smallest absolute Gasteiger partial charge is 0.246 e. The summed E-state index contributed by atoms with van der Waals surface area (Å²) in [5.41, 5.74) is 11.9. The van der Waals surface area contributed by atoms with Crippen molar-refractivity contribution in [2.75, 3.05) is 6.54 Å². The molecule has 2 amide bonds. The molecule has 1 saturated heterocycles. The summed E-state index contributed by atoms with van der Waals surface area (Å²) in [6.45, 7) is 0.374. The number of aliphatic hydroxyl groups is 1. The molecule has 1 fully saturated rings. The lowest BCUT2D eigenvalue weighted by molar-refractivity contribution is -0.140. The molecular formula is C17H21BrN6O3. The summed E-state index contributed by atoms with van der Waals surface area (Å²) in [7, 11) is 0. The number of nitrogens with one attached hydrogen (secondary N) is 3. The highest BCUT2D eigenvalue weighted by molar-refractivity contribution is 9.10. The van der Waals surface area contributed by atoms with E-state index in [1.165, 1.54) is 0 Å². The maximum atomic E-state index is 12.4. The number of aliphatic hydroxyl groups excluding tert-OH is 1. The molecule has 3 atom stereocenters. The van der Waals surface area contributed by atoms with Crippen LogP contribution in [-0.4, -0.2) is 46.5 Å². The Balaban J connectivity index is 1.68. The number of piperazine rings is 1. The number of fused-ring (bicyclic) bond motifs is 1. The average Bonchev–Trinajstić information content (AvgIpc) is 3.03. The molecule has 0 spiro atoms. The van der Waals surface area contributed by atoms with Crippen molar-refractivity contribution in [3.8, 4) is 0 Å². The van der Waals surface area contributed by atoms with Crippen molar-refractivity contribution >= 4 is 44.6 Å². The Morgan fingerprint density at radius 1 is 1.26 bits per heavy atom. The monoisotopic (exact) mass is 436 g/mol. The van der Waals surface area contributed by atoms with Crippen molar-refractivity contribution in [1.82, 2.24) is 15.6 Å². The quantitative estimate of drug-likeness (QED) is 0.213. The number of hydrogen-bond donors (Lipinski definition) is 6. The van der Waals surface area contributed by atoms with Crippen LogP contribution in [0, 0.1) is 0 Å². The molecule has 1 aromatic carbocycles. The van der Waals surface area contributed by atoms with Gasteiger partial charge in [0.25, 0.3) is 0 Å². The van der Waals surface area contributed by atoms with Crippen LogP contribution in [-0.2, 0) is 9.59 Å². The number of benzene rings is 1. The van der Waals surface area contributed by atoms with Gasteiger partial charge in [-0.3, -0.25) is 14.6 Å². The van der Waals surface area contributed by atoms with Crippen LogP contribution in [0.5, 0.6) is 0 Å². The minimum absolute atomic E-state index is 0.0129. The van der Waals surface area contributed by atoms with Crippen molar-refractivity contribution in [1.29, 1.82) is 0 Å². The zero-order valence-electron chi connectivity index (χ0n) is 14.4. The van der Waals surface area contributed by atoms with E-state index < -0.39 is 24.1 Å². The van der Waals surface area contributed by atoms with Gasteiger partial charge in [0.05, 0.1) is 0 Å². The third-order valence-corrected chi connectivity index (χ3v) is 4.96. The van der Waals surface area contributed by atoms with E-state index in [9.17, 15) is 14.7 Å². The second-order valence-electron chi connectivity index (χ2n) is 6.38. The Kier molecular flexibility index (Phi) is 5.66. The molecule has 2 heterocycles. The van der Waals surface area contributed by atoms with Gasteiger partial charge in [0.1, 0.15) is 18.2 Å². The summed E-state index contributed by atoms with van der Waals surface area (Å²) >= 11 is 3.39. The van der Waals surface area contributed by atoms with Crippen molar-refractivity contribution in [3.63, 3.8) is 0 Å². The highest BCUT2D eigenvalue weighted by Crippen LogP contribution is 2.29. The Labute approximate surface area is 163 Å². The van der Waals surface area contributed by atoms with E-state index in [-0.39, 0.29) is 11.9 Å². The van der Waals surface area contributed by atoms with Crippen LogP contribution in [0.15, 0.2) is 33.9 Å². The zero-order valence-corrected chi connectivity index (χ0v) is 16.0. The fourth-order valence-electron chi connectivity index (χ4n) is 3.12. The fraction of sp³-hybridized carbons (Fsp3) is 0.353. The summed E-state index contributed by atoms with van der Waals surface area (Å²) < 4.78 is 0.894. The maximum absolute atomic E-state index is 12.4. The van der Waals surface area contributed by atoms with Gasteiger partial charge in [0, 0.05) is 33.7 Å². The first-order valence-electron chi connectivity index (χ1n) is 8.47. The molecule has 10 heteroatoms. The minimum Gasteiger partial charge on any atom is -0.386 e. The number of carbonyl (C=O) groups is 2. The Morgan fingerprint density at radius 3 is 2.78 bits per heavy atom. The molecule has 2 aromatic rings. The highest BCUT2D eigenvalue weighted by Gasteiger charge is 2.38. The fourth-order valence-corrected chi connectivity index (χ4v) is 3.48. The summed E-state index contributed by atoms with van der Waals surface area (Å²) in [5, 5.41) is 16.8. The number of halogens is 1. The van der Waals surface area contributed by atoms with Gasteiger partial charge >= 0.3 is 0 Å². The number of rotatable bonds is 6. The molecule has 0 saturated carbocycles. The van der Waals surface area contributed by atoms with E-state index in [1.807, 2.05) is 18.2 Å². The number of aromatic nitrogens is 1. The van der Waals surface area contributed by atoms with Crippen molar-refractivity contribution in [2.45, 2.75) is 31.0 Å². The maximum Gasteiger partial charge on any atom is 0.246 e. The lowest BCUT2D eigenvalue weighted by Crippen LogP contribution is -2.63. The molecule has 1 aliphatic heterocycles. The molecule has 3 rings (SSSR count). The molecule has 1 aliphatic rings. The average molecular weight is 437 g/mol. The molecule has 8 N–H and O–H groups in total. The minimum atomic E-state index is -1.17. The van der Waals surface area contributed by atoms with Gasteiger partial charge in [-0.1, -0.05) is 22.0 Å². The number of hydrogen-bond acceptors (Lipinski definition) is 4. The molecule has 2 unspecified atom stereocenters. The van der Waals surface area contributed by atoms with Crippen LogP contribution in [0.4, 0.5) is 0 Å². The SMILES string of the molecule is NC(N)=NCCC[C@@H]1NC(=O)C(C(O)c2c[nH]c3cc(Br)ccc23)NC1=O. The second kappa shape index (κ2) is 7.97. The molecule has 144 valence electrons. The summed E-state index contributed by atoms with van der Waals surface area (Å²) in [5.74, 6) is -0.785. The number of aromatic amines is 1. The van der Waals surface area contributed by atoms with Crippen LogP contribution in [0.25, 0.3) is 10.9 Å². The van der Waals surface area contributed by atoms with Crippen LogP contribution < -0.4 is 22.1 Å². The Bertz CT molecular complexity index is 892. The molecule has 1 aromatic heterocycles. The van der Waals surface area contributed by atoms with Crippen molar-refractivity contribution < 1.29 is 14.7 Å². The topological polar surface area (TPSA) is 159 Å². The second-order valence-corrected chi connectivity index (χ2v) is 7.29. The normalized spacial score (nSPS) is 20.8. The van der Waals surface area contributed by atoms with Crippen LogP contribution >= 0.6 is 15.9 Å². The molecule has 27 heavy (non-hydrogen) atoms. The standard InChI is InChI=1S/C17H21BrN6O3/c18-8-3-4-9-10(7-22-12(9)6-8)14(25)13-16(27)23-11(15(26)24-13)2-1-5-21-17(19)20/h3-4,6-7,11,13-14,22,25H,1-2,5H2,(H,23,27)(H,24,26)(H4,19,20,21)/t11-,13?,14?/m0/s1. The number of guanidine groups is 1. The molecular weight excluding hydrogens is 416 g/mol. The van der Waals surface area contributed by atoms with E-state index in [1.54, 1.807) is 6.20 Å². The molecule has 9 nitrogen and oxygen atoms in total. The van der Waals surface area contributed by atoms with Crippen LogP contribution in [0.1, 0.15) is 24.5 Å². The molecule has 0 aliphatic carbocycles. The van der Waals surface area contributed by atoms with Crippen LogP contribution in [0.3, 0.4) is 0 Å². The first kappa shape index (κ1) is 19.2. The largest absolute Gasteiger partial charge is 0.386 e. The van der Waals surface area contributed by atoms with Crippen molar-refractivity contribution in [3.05, 3.63) is 34.4 Å². The van der Waals surface area contributed by atoms with E-state index in [4.69, 9.17) is 11.5 Å². The predicted octanol–water partition coefficient (Wildman–Crippen LogP) is 0.000600. The Hall–Kier alpha value is -2.59. The van der Waals surface area contributed by atoms with Gasteiger partial charge in [-0.05, 0) is 25.0 Å². The van der Waals surface area contributed by atoms with Gasteiger partial charge in [0.2, 0.25) is 11.8 Å². The third kappa shape index (κ3) is 4.22. The number of carbonyl (C=O) groups excluding carboxylic acids is 2. The molecule has 0 radical (unpaired) electrons. The van der Waals surface area contributed by atoms with Crippen LogP contribution in [0.2, 0.25) is 0 Å². The predicted molar refractivity (Wildman–Crippen MR) is 105 cm³/mol. The lowest BCUT2D eigenvalue weighted by atomic mass is 9.97.